The first-order valence-electron chi connectivity index (χ1n) is 12.9. The van der Waals surface area contributed by atoms with Gasteiger partial charge in [-0.3, -0.25) is 19.2 Å². The van der Waals surface area contributed by atoms with Crippen LogP contribution in [0.4, 0.5) is 0 Å². The number of rotatable bonds is 14. The molecule has 4 unspecified atom stereocenters. The van der Waals surface area contributed by atoms with Crippen LogP contribution >= 0.6 is 0 Å². The maximum absolute atomic E-state index is 12.8. The molecular weight excluding hydrogens is 420 g/mol. The number of carbonyl (C=O) groups is 4. The molecule has 0 aromatic carbocycles. The predicted octanol–water partition coefficient (Wildman–Crippen LogP) is 5.91. The highest BCUT2D eigenvalue weighted by Crippen LogP contribution is 2.38. The van der Waals surface area contributed by atoms with Gasteiger partial charge >= 0.3 is 11.9 Å². The highest BCUT2D eigenvalue weighted by Gasteiger charge is 2.37. The lowest BCUT2D eigenvalue weighted by Gasteiger charge is -2.19. The molecule has 0 amide bonds. The summed E-state index contributed by atoms with van der Waals surface area (Å²) in [6.07, 6.45) is 10.6. The fourth-order valence-corrected chi connectivity index (χ4v) is 5.59. The highest BCUT2D eigenvalue weighted by atomic mass is 16.4. The van der Waals surface area contributed by atoms with Crippen LogP contribution in [0, 0.1) is 34.5 Å². The summed E-state index contributed by atoms with van der Waals surface area (Å²) in [5, 5.41) is 18.5. The quantitative estimate of drug-likeness (QED) is 0.331. The van der Waals surface area contributed by atoms with Gasteiger partial charge in [0.05, 0.1) is 10.8 Å². The number of aliphatic carboxylic acids is 2. The predicted molar refractivity (Wildman–Crippen MR) is 127 cm³/mol. The second-order valence-electron chi connectivity index (χ2n) is 11.8. The van der Waals surface area contributed by atoms with E-state index in [0.717, 1.165) is 70.6 Å². The van der Waals surface area contributed by atoms with Gasteiger partial charge in [-0.2, -0.15) is 0 Å². The molecule has 0 aromatic heterocycles. The van der Waals surface area contributed by atoms with Crippen molar-refractivity contribution in [3.63, 3.8) is 0 Å². The van der Waals surface area contributed by atoms with Crippen LogP contribution in [0.15, 0.2) is 0 Å². The normalized spacial score (nSPS) is 26.2. The summed E-state index contributed by atoms with van der Waals surface area (Å²) in [5.41, 5.74) is -1.47. The fraction of sp³-hybridized carbons (Fsp3) is 0.852. The van der Waals surface area contributed by atoms with Gasteiger partial charge in [0.15, 0.2) is 0 Å². The van der Waals surface area contributed by atoms with Crippen LogP contribution in [0.5, 0.6) is 0 Å². The Bertz CT molecular complexity index is 662. The molecule has 188 valence electrons. The molecule has 0 saturated heterocycles. The molecule has 2 aliphatic rings. The standard InChI is InChI=1S/C27H44O6/c1-26(2,24(30)31)16-6-10-20-14-12-18(22(20)28)8-5-9-19-13-15-21(23(19)29)11-7-17-27(3,4)25(32)33/h18-21H,5-17H2,1-4H3,(H,30,31)(H,32,33). The molecule has 33 heavy (non-hydrogen) atoms. The molecule has 0 spiro atoms. The van der Waals surface area contributed by atoms with Crippen LogP contribution in [0.2, 0.25) is 0 Å². The first kappa shape index (κ1) is 27.5. The van der Waals surface area contributed by atoms with Crippen molar-refractivity contribution in [2.45, 2.75) is 111 Å². The summed E-state index contributed by atoms with van der Waals surface area (Å²) < 4.78 is 0. The third-order valence-electron chi connectivity index (χ3n) is 8.31. The van der Waals surface area contributed by atoms with E-state index in [-0.39, 0.29) is 23.7 Å². The summed E-state index contributed by atoms with van der Waals surface area (Å²) in [6.45, 7) is 6.95. The maximum atomic E-state index is 12.8. The number of ketones is 2. The second kappa shape index (κ2) is 11.6. The Kier molecular flexibility index (Phi) is 9.69. The molecule has 2 fully saturated rings. The third-order valence-corrected chi connectivity index (χ3v) is 8.31. The largest absolute Gasteiger partial charge is 0.481 e. The SMILES string of the molecule is CC(C)(CCCC1CCC(CCCC2CCC(CCCC(C)(C)C(=O)O)C2=O)C1=O)C(=O)O. The van der Waals surface area contributed by atoms with E-state index in [9.17, 15) is 29.4 Å². The molecule has 2 saturated carbocycles. The molecule has 0 radical (unpaired) electrons. The smallest absolute Gasteiger partial charge is 0.309 e. The molecule has 6 heteroatoms. The summed E-state index contributed by atoms with van der Waals surface area (Å²) in [6, 6.07) is 0. The number of carbonyl (C=O) groups excluding carboxylic acids is 2. The van der Waals surface area contributed by atoms with Crippen molar-refractivity contribution in [3.05, 3.63) is 0 Å². The van der Waals surface area contributed by atoms with Gasteiger partial charge in [0.1, 0.15) is 11.6 Å². The Morgan fingerprint density at radius 2 is 0.909 bits per heavy atom. The van der Waals surface area contributed by atoms with E-state index in [4.69, 9.17) is 0 Å². The summed E-state index contributed by atoms with van der Waals surface area (Å²) >= 11 is 0. The van der Waals surface area contributed by atoms with Crippen molar-refractivity contribution in [1.29, 1.82) is 0 Å². The summed E-state index contributed by atoms with van der Waals surface area (Å²) in [5.74, 6) is -0.517. The van der Waals surface area contributed by atoms with Gasteiger partial charge in [0, 0.05) is 23.7 Å². The van der Waals surface area contributed by atoms with Gasteiger partial charge in [-0.15, -0.1) is 0 Å². The summed E-state index contributed by atoms with van der Waals surface area (Å²) in [4.78, 5) is 48.0. The Morgan fingerprint density at radius 3 is 1.18 bits per heavy atom. The Balaban J connectivity index is 1.66. The monoisotopic (exact) mass is 464 g/mol. The summed E-state index contributed by atoms with van der Waals surface area (Å²) in [7, 11) is 0. The van der Waals surface area contributed by atoms with Gasteiger partial charge in [0.2, 0.25) is 0 Å². The van der Waals surface area contributed by atoms with Crippen LogP contribution in [0.25, 0.3) is 0 Å². The Morgan fingerprint density at radius 1 is 0.636 bits per heavy atom. The zero-order valence-corrected chi connectivity index (χ0v) is 21.0. The number of hydrogen-bond donors (Lipinski definition) is 2. The fourth-order valence-electron chi connectivity index (χ4n) is 5.59. The minimum atomic E-state index is -0.786. The molecule has 4 atom stereocenters. The zero-order valence-electron chi connectivity index (χ0n) is 21.0. The second-order valence-corrected chi connectivity index (χ2v) is 11.8. The van der Waals surface area contributed by atoms with E-state index >= 15 is 0 Å². The van der Waals surface area contributed by atoms with Crippen LogP contribution in [0.3, 0.4) is 0 Å². The van der Waals surface area contributed by atoms with Gasteiger partial charge in [-0.1, -0.05) is 19.3 Å². The van der Waals surface area contributed by atoms with E-state index < -0.39 is 22.8 Å². The molecule has 0 heterocycles. The first-order valence-corrected chi connectivity index (χ1v) is 12.9. The lowest BCUT2D eigenvalue weighted by Crippen LogP contribution is -2.24. The van der Waals surface area contributed by atoms with E-state index in [1.807, 2.05) is 0 Å². The lowest BCUT2D eigenvalue weighted by atomic mass is 9.85. The lowest BCUT2D eigenvalue weighted by molar-refractivity contribution is -0.148. The van der Waals surface area contributed by atoms with Crippen molar-refractivity contribution >= 4 is 23.5 Å². The van der Waals surface area contributed by atoms with E-state index in [2.05, 4.69) is 0 Å². The van der Waals surface area contributed by atoms with Crippen molar-refractivity contribution in [1.82, 2.24) is 0 Å². The average molecular weight is 465 g/mol. The number of carboxylic acid groups (broad SMARTS) is 2. The van der Waals surface area contributed by atoms with E-state index in [1.54, 1.807) is 27.7 Å². The third kappa shape index (κ3) is 7.65. The van der Waals surface area contributed by atoms with Gasteiger partial charge < -0.3 is 10.2 Å². The van der Waals surface area contributed by atoms with Crippen LogP contribution in [-0.2, 0) is 19.2 Å². The van der Waals surface area contributed by atoms with Crippen molar-refractivity contribution in [2.24, 2.45) is 34.5 Å². The van der Waals surface area contributed by atoms with Crippen molar-refractivity contribution in [3.8, 4) is 0 Å². The van der Waals surface area contributed by atoms with Crippen LogP contribution in [-0.4, -0.2) is 33.7 Å². The Hall–Kier alpha value is -1.72. The molecule has 0 aromatic rings. The van der Waals surface area contributed by atoms with Gasteiger partial charge in [-0.05, 0) is 91.9 Å². The molecule has 0 bridgehead atoms. The highest BCUT2D eigenvalue weighted by molar-refractivity contribution is 5.86. The minimum absolute atomic E-state index is 0.0761. The average Bonchev–Trinajstić information content (AvgIpc) is 3.25. The maximum Gasteiger partial charge on any atom is 0.309 e. The topological polar surface area (TPSA) is 109 Å². The van der Waals surface area contributed by atoms with Crippen molar-refractivity contribution in [2.75, 3.05) is 0 Å². The molecule has 6 nitrogen and oxygen atoms in total. The molecule has 2 N–H and O–H groups in total. The molecular formula is C27H44O6. The number of hydrogen-bond acceptors (Lipinski definition) is 4. The van der Waals surface area contributed by atoms with Gasteiger partial charge in [0.25, 0.3) is 0 Å². The number of carboxylic acids is 2. The zero-order chi connectivity index (χ0) is 24.8. The van der Waals surface area contributed by atoms with E-state index in [1.165, 1.54) is 0 Å². The molecule has 2 aliphatic carbocycles. The first-order chi connectivity index (χ1) is 15.3. The Labute approximate surface area is 198 Å². The number of Topliss-reactive ketones (excluding diaryl/α,β-unsaturated/α-hetero) is 2. The molecule has 2 rings (SSSR count). The van der Waals surface area contributed by atoms with Gasteiger partial charge in [-0.25, -0.2) is 0 Å². The molecule has 0 aliphatic heterocycles. The van der Waals surface area contributed by atoms with Crippen molar-refractivity contribution < 1.29 is 29.4 Å². The minimum Gasteiger partial charge on any atom is -0.481 e. The van der Waals surface area contributed by atoms with Crippen LogP contribution < -0.4 is 0 Å². The van der Waals surface area contributed by atoms with Crippen LogP contribution in [0.1, 0.15) is 111 Å². The van der Waals surface area contributed by atoms with E-state index in [0.29, 0.717) is 24.4 Å².